The number of rotatable bonds is 5. The van der Waals surface area contributed by atoms with Crippen molar-refractivity contribution < 1.29 is 9.13 Å². The molecule has 0 saturated carbocycles. The van der Waals surface area contributed by atoms with Gasteiger partial charge in [0, 0.05) is 23.7 Å². The van der Waals surface area contributed by atoms with E-state index in [2.05, 4.69) is 47.1 Å². The molecule has 1 aromatic heterocycles. The van der Waals surface area contributed by atoms with Gasteiger partial charge in [0.2, 0.25) is 0 Å². The molecule has 1 aromatic carbocycles. The predicted octanol–water partition coefficient (Wildman–Crippen LogP) is 4.39. The normalized spacial score (nSPS) is 10.7. The van der Waals surface area contributed by atoms with Crippen molar-refractivity contribution in [3.05, 3.63) is 38.7 Å². The van der Waals surface area contributed by atoms with Gasteiger partial charge in [-0.25, -0.2) is 14.4 Å². The van der Waals surface area contributed by atoms with Gasteiger partial charge in [0.25, 0.3) is 0 Å². The second-order valence-electron chi connectivity index (χ2n) is 4.28. The standard InChI is InChI=1S/C14H14Br2FN3O/c1-3-18-14-12(16)11(7-21-2)19-13(20-14)8-4-9(15)6-10(17)5-8/h4-6H,3,7H2,1-2H3,(H,18,19,20). The van der Waals surface area contributed by atoms with Crippen LogP contribution in [0, 0.1) is 5.82 Å². The van der Waals surface area contributed by atoms with E-state index < -0.39 is 0 Å². The summed E-state index contributed by atoms with van der Waals surface area (Å²) in [5, 5.41) is 3.15. The number of nitrogens with one attached hydrogen (secondary N) is 1. The fraction of sp³-hybridized carbons (Fsp3) is 0.286. The van der Waals surface area contributed by atoms with Crippen LogP contribution in [0.4, 0.5) is 10.2 Å². The number of ether oxygens (including phenoxy) is 1. The van der Waals surface area contributed by atoms with Gasteiger partial charge in [0.05, 0.1) is 16.8 Å². The molecule has 0 aliphatic heterocycles. The highest BCUT2D eigenvalue weighted by atomic mass is 79.9. The Hall–Kier alpha value is -1.05. The smallest absolute Gasteiger partial charge is 0.162 e. The van der Waals surface area contributed by atoms with Gasteiger partial charge >= 0.3 is 0 Å². The predicted molar refractivity (Wildman–Crippen MR) is 87.7 cm³/mol. The van der Waals surface area contributed by atoms with Gasteiger partial charge in [-0.05, 0) is 41.1 Å². The number of methoxy groups -OCH3 is 1. The van der Waals surface area contributed by atoms with Crippen LogP contribution in [0.3, 0.4) is 0 Å². The lowest BCUT2D eigenvalue weighted by atomic mass is 10.2. The van der Waals surface area contributed by atoms with E-state index in [-0.39, 0.29) is 5.82 Å². The monoisotopic (exact) mass is 417 g/mol. The Morgan fingerprint density at radius 1 is 1.24 bits per heavy atom. The van der Waals surface area contributed by atoms with Crippen molar-refractivity contribution in [1.29, 1.82) is 0 Å². The molecule has 2 aromatic rings. The number of hydrogen-bond acceptors (Lipinski definition) is 4. The first-order valence-electron chi connectivity index (χ1n) is 6.30. The van der Waals surface area contributed by atoms with E-state index in [1.54, 1.807) is 13.2 Å². The molecule has 0 fully saturated rings. The van der Waals surface area contributed by atoms with Gasteiger partial charge < -0.3 is 10.1 Å². The molecule has 1 heterocycles. The maximum atomic E-state index is 13.6. The minimum absolute atomic E-state index is 0.338. The van der Waals surface area contributed by atoms with Gasteiger partial charge in [-0.15, -0.1) is 0 Å². The Bertz CT molecular complexity index is 605. The van der Waals surface area contributed by atoms with E-state index in [1.165, 1.54) is 12.1 Å². The summed E-state index contributed by atoms with van der Waals surface area (Å²) < 4.78 is 20.1. The van der Waals surface area contributed by atoms with Crippen LogP contribution in [0.25, 0.3) is 11.4 Å². The van der Waals surface area contributed by atoms with Crippen molar-refractivity contribution in [1.82, 2.24) is 9.97 Å². The summed E-state index contributed by atoms with van der Waals surface area (Å²) in [6.45, 7) is 3.03. The molecule has 1 N–H and O–H groups in total. The Morgan fingerprint density at radius 2 is 2.00 bits per heavy atom. The molecule has 0 atom stereocenters. The van der Waals surface area contributed by atoms with Gasteiger partial charge in [-0.1, -0.05) is 15.9 Å². The first-order valence-corrected chi connectivity index (χ1v) is 7.89. The van der Waals surface area contributed by atoms with Crippen LogP contribution in [0.1, 0.15) is 12.6 Å². The molecular formula is C14H14Br2FN3O. The summed E-state index contributed by atoms with van der Waals surface area (Å²) in [6, 6.07) is 4.57. The van der Waals surface area contributed by atoms with E-state index in [0.29, 0.717) is 40.5 Å². The minimum Gasteiger partial charge on any atom is -0.378 e. The van der Waals surface area contributed by atoms with Crippen LogP contribution in [-0.2, 0) is 11.3 Å². The van der Waals surface area contributed by atoms with E-state index >= 15 is 0 Å². The zero-order chi connectivity index (χ0) is 15.4. The molecule has 0 unspecified atom stereocenters. The van der Waals surface area contributed by atoms with Gasteiger partial charge in [-0.3, -0.25) is 0 Å². The Balaban J connectivity index is 2.56. The minimum atomic E-state index is -0.343. The van der Waals surface area contributed by atoms with Crippen LogP contribution >= 0.6 is 31.9 Å². The summed E-state index contributed by atoms with van der Waals surface area (Å²) >= 11 is 6.75. The molecule has 0 aliphatic rings. The molecule has 21 heavy (non-hydrogen) atoms. The molecule has 0 bridgehead atoms. The van der Waals surface area contributed by atoms with Crippen molar-refractivity contribution in [2.45, 2.75) is 13.5 Å². The Morgan fingerprint density at radius 3 is 2.62 bits per heavy atom. The van der Waals surface area contributed by atoms with Gasteiger partial charge in [0.15, 0.2) is 5.82 Å². The molecule has 0 saturated heterocycles. The third-order valence-electron chi connectivity index (χ3n) is 2.67. The average Bonchev–Trinajstić information content (AvgIpc) is 2.42. The van der Waals surface area contributed by atoms with Crippen molar-refractivity contribution in [3.63, 3.8) is 0 Å². The third kappa shape index (κ3) is 3.99. The molecule has 0 radical (unpaired) electrons. The highest BCUT2D eigenvalue weighted by molar-refractivity contribution is 9.11. The van der Waals surface area contributed by atoms with Gasteiger partial charge in [-0.2, -0.15) is 0 Å². The van der Waals surface area contributed by atoms with Crippen LogP contribution in [0.15, 0.2) is 27.1 Å². The zero-order valence-electron chi connectivity index (χ0n) is 11.6. The van der Waals surface area contributed by atoms with Crippen molar-refractivity contribution in [2.75, 3.05) is 19.0 Å². The van der Waals surface area contributed by atoms with Crippen LogP contribution in [0.5, 0.6) is 0 Å². The highest BCUT2D eigenvalue weighted by Crippen LogP contribution is 2.29. The SMILES string of the molecule is CCNc1nc(-c2cc(F)cc(Br)c2)nc(COC)c1Br. The highest BCUT2D eigenvalue weighted by Gasteiger charge is 2.14. The summed E-state index contributed by atoms with van der Waals surface area (Å²) in [5.74, 6) is 0.764. The van der Waals surface area contributed by atoms with Crippen molar-refractivity contribution in [2.24, 2.45) is 0 Å². The van der Waals surface area contributed by atoms with Crippen molar-refractivity contribution in [3.8, 4) is 11.4 Å². The van der Waals surface area contributed by atoms with Gasteiger partial charge in [0.1, 0.15) is 11.6 Å². The third-order valence-corrected chi connectivity index (χ3v) is 3.96. The summed E-state index contributed by atoms with van der Waals surface area (Å²) in [6.07, 6.45) is 0. The number of hydrogen-bond donors (Lipinski definition) is 1. The van der Waals surface area contributed by atoms with Crippen LogP contribution < -0.4 is 5.32 Å². The van der Waals surface area contributed by atoms with E-state index in [9.17, 15) is 4.39 Å². The van der Waals surface area contributed by atoms with Crippen molar-refractivity contribution >= 4 is 37.7 Å². The molecule has 7 heteroatoms. The zero-order valence-corrected chi connectivity index (χ0v) is 14.8. The van der Waals surface area contributed by atoms with Crippen LogP contribution in [0.2, 0.25) is 0 Å². The maximum Gasteiger partial charge on any atom is 0.162 e. The maximum absolute atomic E-state index is 13.6. The summed E-state index contributed by atoms with van der Waals surface area (Å²) in [7, 11) is 1.60. The first-order chi connectivity index (χ1) is 10.0. The second-order valence-corrected chi connectivity index (χ2v) is 5.99. The lowest BCUT2D eigenvalue weighted by Gasteiger charge is -2.12. The Kier molecular flexibility index (Phi) is 5.66. The second kappa shape index (κ2) is 7.29. The number of nitrogens with zero attached hydrogens (tertiary/aromatic N) is 2. The summed E-state index contributed by atoms with van der Waals surface area (Å²) in [5.41, 5.74) is 1.31. The molecule has 0 aliphatic carbocycles. The average molecular weight is 419 g/mol. The molecule has 4 nitrogen and oxygen atoms in total. The Labute approximate surface area is 139 Å². The van der Waals surface area contributed by atoms with E-state index in [1.807, 2.05) is 6.92 Å². The topological polar surface area (TPSA) is 47.0 Å². The number of benzene rings is 1. The lowest BCUT2D eigenvalue weighted by molar-refractivity contribution is 0.181. The first kappa shape index (κ1) is 16.3. The van der Waals surface area contributed by atoms with E-state index in [0.717, 1.165) is 4.47 Å². The summed E-state index contributed by atoms with van der Waals surface area (Å²) in [4.78, 5) is 8.89. The fourth-order valence-corrected chi connectivity index (χ4v) is 2.72. The number of halogens is 3. The molecule has 0 amide bonds. The fourth-order valence-electron chi connectivity index (χ4n) is 1.82. The van der Waals surface area contributed by atoms with Crippen LogP contribution in [-0.4, -0.2) is 23.6 Å². The lowest BCUT2D eigenvalue weighted by Crippen LogP contribution is -2.07. The largest absolute Gasteiger partial charge is 0.378 e. The molecule has 0 spiro atoms. The molecule has 2 rings (SSSR count). The molecular weight excluding hydrogens is 405 g/mol. The quantitative estimate of drug-likeness (QED) is 0.782. The number of aromatic nitrogens is 2. The number of anilines is 1. The van der Waals surface area contributed by atoms with E-state index in [4.69, 9.17) is 4.74 Å². The molecule has 112 valence electrons.